The maximum atomic E-state index is 2.48. The maximum absolute atomic E-state index is 2.72. The molecule has 0 saturated heterocycles. The molecule has 13 aromatic rings. The number of rotatable bonds is 8. The number of anilines is 3. The molecule has 0 fully saturated rings. The van der Waals surface area contributed by atoms with E-state index in [9.17, 15) is 0 Å². The Morgan fingerprint density at radius 3 is 1.20 bits per heavy atom. The minimum atomic E-state index is -2.72. The van der Waals surface area contributed by atoms with Crippen molar-refractivity contribution in [3.8, 4) is 5.69 Å². The number of aromatic nitrogens is 2. The molecule has 0 saturated carbocycles. The van der Waals surface area contributed by atoms with Crippen LogP contribution in [-0.4, -0.2) is 17.0 Å². The van der Waals surface area contributed by atoms with E-state index in [2.05, 4.69) is 263 Å². The Kier molecular flexibility index (Phi) is 8.23. The van der Waals surface area contributed by atoms with Crippen LogP contribution in [0.5, 0.6) is 0 Å². The molecular weight excluding hydrogens is 791 g/mol. The van der Waals surface area contributed by atoms with Gasteiger partial charge in [0.25, 0.3) is 0 Å². The Morgan fingerprint density at radius 2 is 0.672 bits per heavy atom. The number of hydrogen-bond acceptors (Lipinski definition) is 1. The van der Waals surface area contributed by atoms with Crippen LogP contribution in [0.25, 0.3) is 65.6 Å². The smallest absolute Gasteiger partial charge is 0.179 e. The number of benzene rings is 10. The summed E-state index contributed by atoms with van der Waals surface area (Å²) in [5.74, 6) is 0. The average molecular weight is 832 g/mol. The molecule has 0 aliphatic rings. The van der Waals surface area contributed by atoms with Crippen LogP contribution < -0.4 is 25.6 Å². The summed E-state index contributed by atoms with van der Waals surface area (Å²) < 4.78 is 4.87. The first kappa shape index (κ1) is 36.5. The fraction of sp³-hybridized carbons (Fsp3) is 0. The Balaban J connectivity index is 1.02. The summed E-state index contributed by atoms with van der Waals surface area (Å²) in [6.45, 7) is 0. The topological polar surface area (TPSA) is 12.6 Å². The van der Waals surface area contributed by atoms with E-state index in [1.165, 1.54) is 80.6 Å². The third kappa shape index (κ3) is 5.33. The van der Waals surface area contributed by atoms with Crippen molar-refractivity contribution in [2.24, 2.45) is 0 Å². The standard InChI is InChI=1S/C60H41N3Si/c1-4-17-46(18-5-1)64(47-19-6-2-7-20-47,48-21-8-3-9-22-48)49-38-35-43(36-39-49)61(42-31-33-44(34-32-42)62-56-28-13-10-23-50(56)51-24-11-14-29-57(51)62)45-37-40-53-55-27-16-26-54-52-25-12-15-30-58(52)63(60(54)55)59(53)41-45/h1-41H. The molecule has 10 aromatic carbocycles. The average Bonchev–Trinajstić information content (AvgIpc) is 4.01. The zero-order chi connectivity index (χ0) is 42.2. The summed E-state index contributed by atoms with van der Waals surface area (Å²) >= 11 is 0. The first-order chi connectivity index (χ1) is 31.8. The van der Waals surface area contributed by atoms with Crippen LogP contribution in [0.1, 0.15) is 0 Å². The van der Waals surface area contributed by atoms with Crippen LogP contribution >= 0.6 is 0 Å². The summed E-state index contributed by atoms with van der Waals surface area (Å²) in [4.78, 5) is 2.43. The monoisotopic (exact) mass is 831 g/mol. The van der Waals surface area contributed by atoms with Crippen LogP contribution in [0.15, 0.2) is 249 Å². The second kappa shape index (κ2) is 14.5. The highest BCUT2D eigenvalue weighted by Crippen LogP contribution is 2.43. The molecule has 0 aliphatic carbocycles. The van der Waals surface area contributed by atoms with Gasteiger partial charge in [0.15, 0.2) is 8.07 Å². The van der Waals surface area contributed by atoms with Crippen LogP contribution in [0.2, 0.25) is 0 Å². The zero-order valence-corrected chi connectivity index (χ0v) is 36.0. The Labute approximate surface area is 372 Å². The van der Waals surface area contributed by atoms with Gasteiger partial charge in [-0.3, -0.25) is 0 Å². The van der Waals surface area contributed by atoms with Crippen molar-refractivity contribution in [2.45, 2.75) is 0 Å². The second-order valence-electron chi connectivity index (χ2n) is 16.9. The van der Waals surface area contributed by atoms with E-state index in [-0.39, 0.29) is 0 Å². The van der Waals surface area contributed by atoms with Gasteiger partial charge < -0.3 is 13.9 Å². The lowest BCUT2D eigenvalue weighted by molar-refractivity contribution is 1.17. The highest BCUT2D eigenvalue weighted by atomic mass is 28.3. The van der Waals surface area contributed by atoms with E-state index in [1.54, 1.807) is 0 Å². The molecule has 0 aliphatic heterocycles. The molecule has 3 nitrogen and oxygen atoms in total. The molecule has 0 radical (unpaired) electrons. The van der Waals surface area contributed by atoms with Gasteiger partial charge in [-0.15, -0.1) is 0 Å². The van der Waals surface area contributed by atoms with Crippen molar-refractivity contribution >= 4 is 106 Å². The van der Waals surface area contributed by atoms with Gasteiger partial charge in [0.1, 0.15) is 0 Å². The third-order valence-corrected chi connectivity index (χ3v) is 18.4. The van der Waals surface area contributed by atoms with E-state index in [1.807, 2.05) is 0 Å². The number of hydrogen-bond donors (Lipinski definition) is 0. The molecule has 13 rings (SSSR count). The lowest BCUT2D eigenvalue weighted by Crippen LogP contribution is -2.74. The van der Waals surface area contributed by atoms with Crippen molar-refractivity contribution in [1.82, 2.24) is 8.97 Å². The highest BCUT2D eigenvalue weighted by Gasteiger charge is 2.41. The number of para-hydroxylation sites is 4. The largest absolute Gasteiger partial charge is 0.310 e. The Morgan fingerprint density at radius 1 is 0.281 bits per heavy atom. The molecule has 0 unspecified atom stereocenters. The van der Waals surface area contributed by atoms with Crippen LogP contribution in [0.3, 0.4) is 0 Å². The summed E-state index contributed by atoms with van der Waals surface area (Å²) in [6.07, 6.45) is 0. The molecule has 64 heavy (non-hydrogen) atoms. The SMILES string of the molecule is c1ccc([Si](c2ccccc2)(c2ccccc2)c2ccc(N(c3ccc(-n4c5ccccc5c5ccccc54)cc3)c3ccc4c5cccc6c7ccccc7n(c4c3)c65)cc2)cc1. The van der Waals surface area contributed by atoms with E-state index in [0.717, 1.165) is 22.7 Å². The van der Waals surface area contributed by atoms with Crippen molar-refractivity contribution in [2.75, 3.05) is 4.90 Å². The summed E-state index contributed by atoms with van der Waals surface area (Å²) in [5, 5.41) is 13.1. The van der Waals surface area contributed by atoms with E-state index in [0.29, 0.717) is 0 Å². The van der Waals surface area contributed by atoms with Crippen molar-refractivity contribution in [3.63, 3.8) is 0 Å². The summed E-state index contributed by atoms with van der Waals surface area (Å²) in [6, 6.07) is 92.2. The molecule has 0 N–H and O–H groups in total. The van der Waals surface area contributed by atoms with Gasteiger partial charge in [-0.05, 0) is 87.5 Å². The number of nitrogens with zero attached hydrogens (tertiary/aromatic N) is 3. The predicted molar refractivity (Wildman–Crippen MR) is 274 cm³/mol. The summed E-state index contributed by atoms with van der Waals surface area (Å²) in [7, 11) is -2.72. The van der Waals surface area contributed by atoms with Gasteiger partial charge in [0, 0.05) is 55.1 Å². The fourth-order valence-corrected chi connectivity index (χ4v) is 15.6. The molecule has 3 aromatic heterocycles. The molecule has 300 valence electrons. The van der Waals surface area contributed by atoms with Gasteiger partial charge in [-0.25, -0.2) is 0 Å². The highest BCUT2D eigenvalue weighted by molar-refractivity contribution is 7.19. The Hall–Kier alpha value is -8.18. The molecule has 3 heterocycles. The number of fused-ring (bicyclic) bond motifs is 9. The van der Waals surface area contributed by atoms with Gasteiger partial charge in [0.2, 0.25) is 0 Å². The minimum Gasteiger partial charge on any atom is -0.310 e. The molecule has 4 heteroatoms. The van der Waals surface area contributed by atoms with E-state index < -0.39 is 8.07 Å². The maximum Gasteiger partial charge on any atom is 0.179 e. The predicted octanol–water partition coefficient (Wildman–Crippen LogP) is 12.8. The van der Waals surface area contributed by atoms with E-state index in [4.69, 9.17) is 0 Å². The third-order valence-electron chi connectivity index (χ3n) is 13.6. The second-order valence-corrected chi connectivity index (χ2v) is 20.7. The quantitative estimate of drug-likeness (QED) is 0.110. The molecule has 0 atom stereocenters. The Bertz CT molecular complexity index is 3670. The van der Waals surface area contributed by atoms with Crippen molar-refractivity contribution in [3.05, 3.63) is 249 Å². The zero-order valence-electron chi connectivity index (χ0n) is 35.0. The van der Waals surface area contributed by atoms with Gasteiger partial charge in [0.05, 0.1) is 27.6 Å². The van der Waals surface area contributed by atoms with Gasteiger partial charge >= 0.3 is 0 Å². The lowest BCUT2D eigenvalue weighted by Gasteiger charge is -2.35. The van der Waals surface area contributed by atoms with Gasteiger partial charge in [-0.2, -0.15) is 0 Å². The molecule has 0 spiro atoms. The minimum absolute atomic E-state index is 1.09. The van der Waals surface area contributed by atoms with Crippen LogP contribution in [0.4, 0.5) is 17.1 Å². The van der Waals surface area contributed by atoms with Crippen LogP contribution in [-0.2, 0) is 0 Å². The van der Waals surface area contributed by atoms with Crippen LogP contribution in [0, 0.1) is 0 Å². The van der Waals surface area contributed by atoms with Crippen molar-refractivity contribution in [1.29, 1.82) is 0 Å². The fourth-order valence-electron chi connectivity index (χ4n) is 10.9. The first-order valence-electron chi connectivity index (χ1n) is 22.1. The summed E-state index contributed by atoms with van der Waals surface area (Å²) in [5.41, 5.74) is 10.6. The van der Waals surface area contributed by atoms with Crippen molar-refractivity contribution < 1.29 is 0 Å². The molecule has 0 bridgehead atoms. The van der Waals surface area contributed by atoms with E-state index >= 15 is 0 Å². The molecular formula is C60H41N3Si. The lowest BCUT2D eigenvalue weighted by atomic mass is 10.1. The first-order valence-corrected chi connectivity index (χ1v) is 24.1. The normalized spacial score (nSPS) is 12.1. The molecule has 0 amide bonds. The van der Waals surface area contributed by atoms with Gasteiger partial charge in [-0.1, -0.05) is 182 Å².